The first-order chi connectivity index (χ1) is 34.5. The third kappa shape index (κ3) is 57.3. The molecule has 0 spiro atoms. The van der Waals surface area contributed by atoms with E-state index in [4.69, 9.17) is 14.2 Å². The van der Waals surface area contributed by atoms with Gasteiger partial charge < -0.3 is 14.2 Å². The first kappa shape index (κ1) is 68.4. The quantitative estimate of drug-likeness (QED) is 0.0343. The highest BCUT2D eigenvalue weighted by atomic mass is 16.6. The Bertz CT molecular complexity index is 1040. The van der Waals surface area contributed by atoms with Crippen LogP contribution in [0.2, 0.25) is 0 Å². The molecule has 0 saturated carbocycles. The zero-order valence-corrected chi connectivity index (χ0v) is 47.8. The second kappa shape index (κ2) is 60.0. The van der Waals surface area contributed by atoms with E-state index >= 15 is 0 Å². The van der Waals surface area contributed by atoms with Gasteiger partial charge in [0.05, 0.1) is 0 Å². The van der Waals surface area contributed by atoms with Crippen LogP contribution in [0.3, 0.4) is 0 Å². The fourth-order valence-electron chi connectivity index (χ4n) is 10.0. The molecule has 6 heteroatoms. The van der Waals surface area contributed by atoms with Crippen LogP contribution in [0.15, 0.2) is 0 Å². The summed E-state index contributed by atoms with van der Waals surface area (Å²) in [6, 6.07) is 0. The Balaban J connectivity index is 4.23. The molecule has 0 aliphatic carbocycles. The minimum absolute atomic E-state index is 0.0605. The van der Waals surface area contributed by atoms with Gasteiger partial charge in [-0.15, -0.1) is 0 Å². The van der Waals surface area contributed by atoms with Crippen molar-refractivity contribution in [3.63, 3.8) is 0 Å². The highest BCUT2D eigenvalue weighted by Gasteiger charge is 2.19. The highest BCUT2D eigenvalue weighted by molar-refractivity contribution is 5.71. The van der Waals surface area contributed by atoms with Gasteiger partial charge in [-0.2, -0.15) is 0 Å². The van der Waals surface area contributed by atoms with E-state index in [1.165, 1.54) is 276 Å². The van der Waals surface area contributed by atoms with Crippen LogP contribution in [-0.4, -0.2) is 37.2 Å². The molecule has 0 aromatic heterocycles. The highest BCUT2D eigenvalue weighted by Crippen LogP contribution is 2.19. The Morgan fingerprint density at radius 3 is 0.571 bits per heavy atom. The molecule has 1 unspecified atom stereocenters. The van der Waals surface area contributed by atoms with Crippen molar-refractivity contribution in [2.75, 3.05) is 13.2 Å². The minimum Gasteiger partial charge on any atom is -0.462 e. The zero-order chi connectivity index (χ0) is 50.7. The van der Waals surface area contributed by atoms with E-state index in [1.807, 2.05) is 0 Å². The van der Waals surface area contributed by atoms with Gasteiger partial charge >= 0.3 is 17.9 Å². The van der Waals surface area contributed by atoms with Crippen LogP contribution in [0.25, 0.3) is 0 Å². The maximum Gasteiger partial charge on any atom is 0.306 e. The lowest BCUT2D eigenvalue weighted by atomic mass is 10.0. The average molecular weight is 990 g/mol. The smallest absolute Gasteiger partial charge is 0.306 e. The van der Waals surface area contributed by atoms with E-state index < -0.39 is 6.10 Å². The van der Waals surface area contributed by atoms with Gasteiger partial charge in [0.25, 0.3) is 0 Å². The summed E-state index contributed by atoms with van der Waals surface area (Å²) in [7, 11) is 0. The topological polar surface area (TPSA) is 78.9 Å². The summed E-state index contributed by atoms with van der Waals surface area (Å²) in [5, 5.41) is 0. The standard InChI is InChI=1S/C64H124O6/c1-4-7-10-13-16-19-22-25-28-29-30-31-32-33-34-37-39-42-45-48-51-54-57-63(66)69-60-61(70-64(67)58-55-52-49-46-43-40-36-27-24-21-18-15-12-9-6-3)59-68-62(65)56-53-50-47-44-41-38-35-26-23-20-17-14-11-8-5-2/h61H,4-60H2,1-3H3. The Morgan fingerprint density at radius 2 is 0.386 bits per heavy atom. The number of esters is 3. The van der Waals surface area contributed by atoms with E-state index in [1.54, 1.807) is 0 Å². The number of hydrogen-bond acceptors (Lipinski definition) is 6. The number of unbranched alkanes of at least 4 members (excludes halogenated alkanes) is 49. The summed E-state index contributed by atoms with van der Waals surface area (Å²) in [6.45, 7) is 6.73. The van der Waals surface area contributed by atoms with Gasteiger partial charge in [0.15, 0.2) is 6.10 Å². The molecule has 0 aromatic carbocycles. The third-order valence-electron chi connectivity index (χ3n) is 14.9. The molecule has 0 N–H and O–H groups in total. The summed E-state index contributed by atoms with van der Waals surface area (Å²) >= 11 is 0. The lowest BCUT2D eigenvalue weighted by Crippen LogP contribution is -2.30. The van der Waals surface area contributed by atoms with Gasteiger partial charge in [0, 0.05) is 19.3 Å². The van der Waals surface area contributed by atoms with Gasteiger partial charge in [0.1, 0.15) is 13.2 Å². The summed E-state index contributed by atoms with van der Waals surface area (Å²) in [6.07, 6.45) is 68.2. The lowest BCUT2D eigenvalue weighted by molar-refractivity contribution is -0.167. The van der Waals surface area contributed by atoms with Crippen LogP contribution < -0.4 is 0 Å². The molecule has 1 atom stereocenters. The summed E-state index contributed by atoms with van der Waals surface area (Å²) in [5.74, 6) is -0.825. The molecule has 0 amide bonds. The summed E-state index contributed by atoms with van der Waals surface area (Å²) in [4.78, 5) is 38.3. The molecular formula is C64H124O6. The predicted octanol–water partition coefficient (Wildman–Crippen LogP) is 21.5. The fourth-order valence-corrected chi connectivity index (χ4v) is 10.0. The Labute approximate surface area is 438 Å². The molecule has 0 heterocycles. The van der Waals surface area contributed by atoms with Crippen LogP contribution in [0.4, 0.5) is 0 Å². The second-order valence-electron chi connectivity index (χ2n) is 22.1. The Kier molecular flexibility index (Phi) is 58.6. The van der Waals surface area contributed by atoms with Gasteiger partial charge in [-0.25, -0.2) is 0 Å². The normalized spacial score (nSPS) is 11.9. The first-order valence-electron chi connectivity index (χ1n) is 32.0. The van der Waals surface area contributed by atoms with Crippen molar-refractivity contribution in [2.45, 2.75) is 380 Å². The van der Waals surface area contributed by atoms with Gasteiger partial charge in [-0.3, -0.25) is 14.4 Å². The monoisotopic (exact) mass is 989 g/mol. The van der Waals surface area contributed by atoms with Crippen molar-refractivity contribution in [3.05, 3.63) is 0 Å². The predicted molar refractivity (Wildman–Crippen MR) is 303 cm³/mol. The summed E-state index contributed by atoms with van der Waals surface area (Å²) < 4.78 is 16.9. The first-order valence-corrected chi connectivity index (χ1v) is 32.0. The molecule has 0 aromatic rings. The van der Waals surface area contributed by atoms with E-state index in [2.05, 4.69) is 20.8 Å². The van der Waals surface area contributed by atoms with Crippen LogP contribution in [0.1, 0.15) is 374 Å². The molecule has 0 bridgehead atoms. The van der Waals surface area contributed by atoms with Crippen molar-refractivity contribution < 1.29 is 28.6 Å². The Morgan fingerprint density at radius 1 is 0.229 bits per heavy atom. The SMILES string of the molecule is CCCCCCCCCCCCCCCCCCCCCCCCC(=O)OCC(COC(=O)CCCCCCCCCCCCCCCCC)OC(=O)CCCCCCCCCCCCCCCCC. The number of carbonyl (C=O) groups is 3. The zero-order valence-electron chi connectivity index (χ0n) is 47.8. The molecule has 0 rings (SSSR count). The van der Waals surface area contributed by atoms with Crippen molar-refractivity contribution in [3.8, 4) is 0 Å². The molecular weight excluding hydrogens is 865 g/mol. The number of rotatable bonds is 60. The molecule has 416 valence electrons. The lowest BCUT2D eigenvalue weighted by Gasteiger charge is -2.18. The molecule has 0 radical (unpaired) electrons. The molecule has 6 nitrogen and oxygen atoms in total. The van der Waals surface area contributed by atoms with Crippen molar-refractivity contribution >= 4 is 17.9 Å². The van der Waals surface area contributed by atoms with Crippen LogP contribution in [0, 0.1) is 0 Å². The number of ether oxygens (including phenoxy) is 3. The third-order valence-corrected chi connectivity index (χ3v) is 14.9. The second-order valence-corrected chi connectivity index (χ2v) is 22.1. The molecule has 0 aliphatic rings. The van der Waals surface area contributed by atoms with Crippen molar-refractivity contribution in [1.82, 2.24) is 0 Å². The van der Waals surface area contributed by atoms with E-state index in [0.717, 1.165) is 57.8 Å². The maximum atomic E-state index is 12.9. The van der Waals surface area contributed by atoms with Crippen LogP contribution in [0.5, 0.6) is 0 Å². The van der Waals surface area contributed by atoms with E-state index in [-0.39, 0.29) is 31.1 Å². The molecule has 0 saturated heterocycles. The number of carbonyl (C=O) groups excluding carboxylic acids is 3. The number of hydrogen-bond donors (Lipinski definition) is 0. The van der Waals surface area contributed by atoms with Crippen LogP contribution in [-0.2, 0) is 28.6 Å². The van der Waals surface area contributed by atoms with Crippen LogP contribution >= 0.6 is 0 Å². The van der Waals surface area contributed by atoms with Crippen molar-refractivity contribution in [2.24, 2.45) is 0 Å². The van der Waals surface area contributed by atoms with E-state index in [0.29, 0.717) is 19.3 Å². The van der Waals surface area contributed by atoms with Gasteiger partial charge in [0.2, 0.25) is 0 Å². The van der Waals surface area contributed by atoms with E-state index in [9.17, 15) is 14.4 Å². The van der Waals surface area contributed by atoms with Gasteiger partial charge in [-0.1, -0.05) is 335 Å². The fraction of sp³-hybridized carbons (Fsp3) is 0.953. The Hall–Kier alpha value is -1.59. The largest absolute Gasteiger partial charge is 0.462 e. The van der Waals surface area contributed by atoms with Crippen molar-refractivity contribution in [1.29, 1.82) is 0 Å². The maximum absolute atomic E-state index is 12.9. The molecule has 0 aliphatic heterocycles. The molecule has 0 fully saturated rings. The average Bonchev–Trinajstić information content (AvgIpc) is 3.36. The van der Waals surface area contributed by atoms with Gasteiger partial charge in [-0.05, 0) is 19.3 Å². The summed E-state index contributed by atoms with van der Waals surface area (Å²) in [5.41, 5.74) is 0. The minimum atomic E-state index is -0.762. The molecule has 70 heavy (non-hydrogen) atoms.